The summed E-state index contributed by atoms with van der Waals surface area (Å²) in [5.41, 5.74) is 2.37. The minimum Gasteiger partial charge on any atom is -0.389 e. The third-order valence-corrected chi connectivity index (χ3v) is 6.25. The Kier molecular flexibility index (Phi) is 4.72. The van der Waals surface area contributed by atoms with Gasteiger partial charge in [0.1, 0.15) is 0 Å². The molecule has 1 aromatic rings. The van der Waals surface area contributed by atoms with Gasteiger partial charge in [-0.25, -0.2) is 0 Å². The summed E-state index contributed by atoms with van der Waals surface area (Å²) in [5.74, 6) is 0.827. The quantitative estimate of drug-likeness (QED) is 0.844. The molecule has 1 saturated carbocycles. The number of halogens is 1. The average molecular weight is 352 g/mol. The maximum Gasteiger partial charge on any atom is 0.0772 e. The predicted molar refractivity (Wildman–Crippen MR) is 90.4 cm³/mol. The van der Waals surface area contributed by atoms with Gasteiger partial charge in [-0.05, 0) is 61.6 Å². The zero-order valence-corrected chi connectivity index (χ0v) is 14.5. The van der Waals surface area contributed by atoms with E-state index in [1.807, 2.05) is 0 Å². The van der Waals surface area contributed by atoms with Gasteiger partial charge >= 0.3 is 0 Å². The average Bonchev–Trinajstić information content (AvgIpc) is 2.91. The lowest BCUT2D eigenvalue weighted by Crippen LogP contribution is -2.44. The Morgan fingerprint density at radius 2 is 2.05 bits per heavy atom. The molecule has 1 unspecified atom stereocenters. The molecular weight excluding hydrogens is 326 g/mol. The summed E-state index contributed by atoms with van der Waals surface area (Å²) in [7, 11) is 0. The standard InChI is InChI=1S/C18H26BrNO/c1-2-13-8-10-18(21,11-9-13)12-20-17-7-6-14-15(17)4-3-5-16(14)19/h3-5,13,17,20-21H,2,6-12H2,1H3. The maximum atomic E-state index is 10.8. The van der Waals surface area contributed by atoms with Crippen LogP contribution in [-0.2, 0) is 6.42 Å². The second-order valence-corrected chi connectivity index (χ2v) is 7.71. The van der Waals surface area contributed by atoms with Crippen molar-refractivity contribution in [3.8, 4) is 0 Å². The first-order valence-electron chi connectivity index (χ1n) is 8.34. The Hall–Kier alpha value is -0.380. The fourth-order valence-corrected chi connectivity index (χ4v) is 4.51. The van der Waals surface area contributed by atoms with E-state index in [1.54, 1.807) is 0 Å². The zero-order chi connectivity index (χ0) is 14.9. The fourth-order valence-electron chi connectivity index (χ4n) is 3.93. The van der Waals surface area contributed by atoms with Gasteiger partial charge in [0, 0.05) is 17.1 Å². The van der Waals surface area contributed by atoms with Gasteiger partial charge in [-0.1, -0.05) is 41.4 Å². The van der Waals surface area contributed by atoms with Crippen molar-refractivity contribution in [2.75, 3.05) is 6.54 Å². The number of fused-ring (bicyclic) bond motifs is 1. The van der Waals surface area contributed by atoms with Crippen molar-refractivity contribution in [3.63, 3.8) is 0 Å². The summed E-state index contributed by atoms with van der Waals surface area (Å²) in [6, 6.07) is 6.87. The van der Waals surface area contributed by atoms with E-state index in [0.29, 0.717) is 6.04 Å². The molecule has 2 nitrogen and oxygen atoms in total. The Morgan fingerprint density at radius 1 is 1.29 bits per heavy atom. The first-order valence-corrected chi connectivity index (χ1v) is 9.13. The van der Waals surface area contributed by atoms with Crippen LogP contribution in [0.2, 0.25) is 0 Å². The SMILES string of the molecule is CCC1CCC(O)(CNC2CCc3c(Br)cccc32)CC1. The smallest absolute Gasteiger partial charge is 0.0772 e. The molecule has 2 aliphatic carbocycles. The predicted octanol–water partition coefficient (Wildman–Crippen LogP) is 4.36. The van der Waals surface area contributed by atoms with E-state index in [2.05, 4.69) is 46.4 Å². The van der Waals surface area contributed by atoms with Gasteiger partial charge in [-0.15, -0.1) is 0 Å². The van der Waals surface area contributed by atoms with Crippen molar-refractivity contribution in [2.24, 2.45) is 5.92 Å². The van der Waals surface area contributed by atoms with Crippen molar-refractivity contribution in [1.29, 1.82) is 0 Å². The van der Waals surface area contributed by atoms with E-state index in [0.717, 1.165) is 38.1 Å². The highest BCUT2D eigenvalue weighted by molar-refractivity contribution is 9.10. The van der Waals surface area contributed by atoms with Crippen molar-refractivity contribution < 1.29 is 5.11 Å². The molecule has 0 bridgehead atoms. The third-order valence-electron chi connectivity index (χ3n) is 5.50. The first kappa shape index (κ1) is 15.5. The molecule has 0 aromatic heterocycles. The fraction of sp³-hybridized carbons (Fsp3) is 0.667. The van der Waals surface area contributed by atoms with E-state index in [-0.39, 0.29) is 0 Å². The van der Waals surface area contributed by atoms with Crippen LogP contribution in [0.3, 0.4) is 0 Å². The van der Waals surface area contributed by atoms with Crippen molar-refractivity contribution in [1.82, 2.24) is 5.32 Å². The zero-order valence-electron chi connectivity index (χ0n) is 12.9. The van der Waals surface area contributed by atoms with Crippen LogP contribution in [0.15, 0.2) is 22.7 Å². The third kappa shape index (κ3) is 3.35. The number of hydrogen-bond acceptors (Lipinski definition) is 2. The number of rotatable bonds is 4. The molecule has 1 atom stereocenters. The second kappa shape index (κ2) is 6.39. The van der Waals surface area contributed by atoms with Crippen LogP contribution >= 0.6 is 15.9 Å². The highest BCUT2D eigenvalue weighted by Gasteiger charge is 2.34. The molecule has 0 radical (unpaired) electrons. The van der Waals surface area contributed by atoms with Crippen LogP contribution in [0, 0.1) is 5.92 Å². The van der Waals surface area contributed by atoms with Gasteiger partial charge in [-0.3, -0.25) is 0 Å². The van der Waals surface area contributed by atoms with Crippen LogP contribution in [-0.4, -0.2) is 17.3 Å². The van der Waals surface area contributed by atoms with E-state index in [4.69, 9.17) is 0 Å². The summed E-state index contributed by atoms with van der Waals surface area (Å²) in [6.07, 6.45) is 7.81. The minimum absolute atomic E-state index is 0.408. The molecule has 0 saturated heterocycles. The molecule has 3 rings (SSSR count). The van der Waals surface area contributed by atoms with Crippen molar-refractivity contribution in [3.05, 3.63) is 33.8 Å². The Balaban J connectivity index is 1.59. The van der Waals surface area contributed by atoms with Gasteiger partial charge in [0.2, 0.25) is 0 Å². The van der Waals surface area contributed by atoms with Gasteiger partial charge < -0.3 is 10.4 Å². The number of benzene rings is 1. The highest BCUT2D eigenvalue weighted by atomic mass is 79.9. The largest absolute Gasteiger partial charge is 0.389 e. The maximum absolute atomic E-state index is 10.8. The summed E-state index contributed by atoms with van der Waals surface area (Å²) in [5, 5.41) is 14.4. The first-order chi connectivity index (χ1) is 10.1. The molecule has 1 fully saturated rings. The van der Waals surface area contributed by atoms with E-state index in [1.165, 1.54) is 34.9 Å². The molecule has 3 heteroatoms. The normalized spacial score (nSPS) is 32.1. The Bertz CT molecular complexity index is 494. The molecular formula is C18H26BrNO. The van der Waals surface area contributed by atoms with E-state index >= 15 is 0 Å². The van der Waals surface area contributed by atoms with Gasteiger partial charge in [0.05, 0.1) is 5.60 Å². The topological polar surface area (TPSA) is 32.3 Å². The molecule has 21 heavy (non-hydrogen) atoms. The molecule has 0 heterocycles. The summed E-state index contributed by atoms with van der Waals surface area (Å²) in [4.78, 5) is 0. The summed E-state index contributed by atoms with van der Waals surface area (Å²) in [6.45, 7) is 3.00. The van der Waals surface area contributed by atoms with Gasteiger partial charge in [0.25, 0.3) is 0 Å². The molecule has 0 aliphatic heterocycles. The molecule has 116 valence electrons. The van der Waals surface area contributed by atoms with E-state index in [9.17, 15) is 5.11 Å². The molecule has 1 aromatic carbocycles. The van der Waals surface area contributed by atoms with Crippen LogP contribution in [0.4, 0.5) is 0 Å². The Labute approximate surface area is 136 Å². The van der Waals surface area contributed by atoms with Gasteiger partial charge in [-0.2, -0.15) is 0 Å². The lowest BCUT2D eigenvalue weighted by molar-refractivity contribution is -0.0106. The Morgan fingerprint density at radius 3 is 2.76 bits per heavy atom. The van der Waals surface area contributed by atoms with Crippen LogP contribution in [0.5, 0.6) is 0 Å². The number of hydrogen-bond donors (Lipinski definition) is 2. The molecule has 0 amide bonds. The number of nitrogens with one attached hydrogen (secondary N) is 1. The van der Waals surface area contributed by atoms with Crippen molar-refractivity contribution >= 4 is 15.9 Å². The monoisotopic (exact) mass is 351 g/mol. The van der Waals surface area contributed by atoms with E-state index < -0.39 is 5.60 Å². The van der Waals surface area contributed by atoms with Crippen LogP contribution < -0.4 is 5.32 Å². The number of aliphatic hydroxyl groups is 1. The lowest BCUT2D eigenvalue weighted by Gasteiger charge is -2.36. The minimum atomic E-state index is -0.486. The van der Waals surface area contributed by atoms with Gasteiger partial charge in [0.15, 0.2) is 0 Å². The molecule has 2 N–H and O–H groups in total. The van der Waals surface area contributed by atoms with Crippen LogP contribution in [0.1, 0.15) is 62.6 Å². The summed E-state index contributed by atoms with van der Waals surface area (Å²) < 4.78 is 1.23. The lowest BCUT2D eigenvalue weighted by atomic mass is 9.77. The molecule has 0 spiro atoms. The molecule has 2 aliphatic rings. The second-order valence-electron chi connectivity index (χ2n) is 6.86. The highest BCUT2D eigenvalue weighted by Crippen LogP contribution is 2.37. The summed E-state index contributed by atoms with van der Waals surface area (Å²) >= 11 is 3.65. The van der Waals surface area contributed by atoms with Crippen LogP contribution in [0.25, 0.3) is 0 Å². The van der Waals surface area contributed by atoms with Crippen molar-refractivity contribution in [2.45, 2.75) is 63.5 Å².